The smallest absolute Gasteiger partial charge is 0.306 e. The van der Waals surface area contributed by atoms with Gasteiger partial charge < -0.3 is 14.2 Å². The van der Waals surface area contributed by atoms with Crippen molar-refractivity contribution in [2.75, 3.05) is 13.2 Å². The summed E-state index contributed by atoms with van der Waals surface area (Å²) in [6.45, 7) is 6.64. The van der Waals surface area contributed by atoms with Crippen molar-refractivity contribution in [1.82, 2.24) is 0 Å². The van der Waals surface area contributed by atoms with Crippen LogP contribution in [0.2, 0.25) is 0 Å². The normalized spacial score (nSPS) is 12.1. The number of hydrogen-bond acceptors (Lipinski definition) is 6. The Morgan fingerprint density at radius 3 is 0.846 bits per heavy atom. The van der Waals surface area contributed by atoms with Gasteiger partial charge in [0.05, 0.1) is 0 Å². The molecular weight excluding hydrogens is 805 g/mol. The summed E-state index contributed by atoms with van der Waals surface area (Å²) < 4.78 is 16.8. The molecule has 382 valence electrons. The summed E-state index contributed by atoms with van der Waals surface area (Å²) in [5.74, 6) is -0.852. The van der Waals surface area contributed by atoms with E-state index in [1.165, 1.54) is 212 Å². The lowest BCUT2D eigenvalue weighted by molar-refractivity contribution is -0.167. The third-order valence-electron chi connectivity index (χ3n) is 13.0. The van der Waals surface area contributed by atoms with Gasteiger partial charge in [-0.15, -0.1) is 0 Å². The minimum absolute atomic E-state index is 0.0656. The molecule has 6 nitrogen and oxygen atoms in total. The molecule has 0 radical (unpaired) electrons. The lowest BCUT2D eigenvalue weighted by Crippen LogP contribution is -2.30. The summed E-state index contributed by atoms with van der Waals surface area (Å²) in [5.41, 5.74) is 0. The summed E-state index contributed by atoms with van der Waals surface area (Å²) in [4.78, 5) is 37.9. The molecule has 0 aromatic heterocycles. The molecule has 0 N–H and O–H groups in total. The Labute approximate surface area is 404 Å². The molecule has 1 unspecified atom stereocenters. The zero-order valence-corrected chi connectivity index (χ0v) is 43.8. The third-order valence-corrected chi connectivity index (χ3v) is 13.0. The topological polar surface area (TPSA) is 78.9 Å². The fraction of sp³-hybridized carbons (Fsp3) is 0.881. The minimum atomic E-state index is -0.763. The van der Waals surface area contributed by atoms with Gasteiger partial charge in [0.15, 0.2) is 6.10 Å². The van der Waals surface area contributed by atoms with E-state index < -0.39 is 6.10 Å². The molecule has 0 saturated heterocycles. The van der Waals surface area contributed by atoms with E-state index in [1.54, 1.807) is 0 Å². The number of unbranched alkanes of at least 4 members (excludes halogenated alkanes) is 38. The SMILES string of the molecule is CCCCCCC/C=C\C/C=C\CCCCCCCCCCCCCCCCCC(=O)OCC(COC(=O)CCCCCCCCCCC)OC(=O)CCCCCCCCCCCCC. The molecule has 0 amide bonds. The van der Waals surface area contributed by atoms with Crippen molar-refractivity contribution in [3.63, 3.8) is 0 Å². The maximum atomic E-state index is 12.8. The highest BCUT2D eigenvalue weighted by atomic mass is 16.6. The van der Waals surface area contributed by atoms with Crippen molar-refractivity contribution >= 4 is 17.9 Å². The second kappa shape index (κ2) is 54.5. The van der Waals surface area contributed by atoms with E-state index in [-0.39, 0.29) is 31.1 Å². The van der Waals surface area contributed by atoms with Gasteiger partial charge in [-0.05, 0) is 51.4 Å². The lowest BCUT2D eigenvalue weighted by Gasteiger charge is -2.18. The van der Waals surface area contributed by atoms with Crippen molar-refractivity contribution in [3.8, 4) is 0 Å². The summed E-state index contributed by atoms with van der Waals surface area (Å²) in [6.07, 6.45) is 63.3. The fourth-order valence-electron chi connectivity index (χ4n) is 8.59. The number of ether oxygens (including phenoxy) is 3. The molecule has 0 fully saturated rings. The van der Waals surface area contributed by atoms with E-state index in [9.17, 15) is 14.4 Å². The van der Waals surface area contributed by atoms with Crippen LogP contribution in [-0.2, 0) is 28.6 Å². The Morgan fingerprint density at radius 1 is 0.308 bits per heavy atom. The summed E-state index contributed by atoms with van der Waals surface area (Å²) in [6, 6.07) is 0. The molecule has 6 heteroatoms. The van der Waals surface area contributed by atoms with Crippen molar-refractivity contribution in [3.05, 3.63) is 24.3 Å². The first-order valence-corrected chi connectivity index (χ1v) is 28.8. The van der Waals surface area contributed by atoms with Gasteiger partial charge in [-0.3, -0.25) is 14.4 Å². The molecule has 0 rings (SSSR count). The van der Waals surface area contributed by atoms with Gasteiger partial charge in [0.1, 0.15) is 13.2 Å². The molecule has 0 aliphatic rings. The average Bonchev–Trinajstić information content (AvgIpc) is 3.30. The largest absolute Gasteiger partial charge is 0.462 e. The first-order chi connectivity index (χ1) is 32.0. The monoisotopic (exact) mass is 915 g/mol. The van der Waals surface area contributed by atoms with Crippen LogP contribution in [0.15, 0.2) is 24.3 Å². The Morgan fingerprint density at radius 2 is 0.554 bits per heavy atom. The number of rotatable bonds is 53. The molecule has 1 atom stereocenters. The highest BCUT2D eigenvalue weighted by Gasteiger charge is 2.19. The van der Waals surface area contributed by atoms with E-state index in [2.05, 4.69) is 45.1 Å². The second-order valence-corrected chi connectivity index (χ2v) is 19.6. The Kier molecular flexibility index (Phi) is 52.7. The summed E-state index contributed by atoms with van der Waals surface area (Å²) in [5, 5.41) is 0. The van der Waals surface area contributed by atoms with Gasteiger partial charge in [-0.1, -0.05) is 270 Å². The van der Waals surface area contributed by atoms with Crippen LogP contribution in [0.25, 0.3) is 0 Å². The highest BCUT2D eigenvalue weighted by Crippen LogP contribution is 2.17. The first-order valence-electron chi connectivity index (χ1n) is 28.8. The maximum absolute atomic E-state index is 12.8. The maximum Gasteiger partial charge on any atom is 0.306 e. The van der Waals surface area contributed by atoms with Crippen molar-refractivity contribution < 1.29 is 28.6 Å². The molecule has 0 spiro atoms. The molecule has 0 aliphatic heterocycles. The third kappa shape index (κ3) is 52.7. The van der Waals surface area contributed by atoms with Crippen LogP contribution in [0.4, 0.5) is 0 Å². The second-order valence-electron chi connectivity index (χ2n) is 19.6. The average molecular weight is 916 g/mol. The standard InChI is InChI=1S/C59H110O6/c1-4-7-10-13-16-19-21-22-23-24-25-26-27-28-29-30-31-32-33-34-35-36-38-40-43-46-49-52-58(61)64-55-56(54-63-57(60)51-48-45-42-39-18-15-12-9-6-3)65-59(62)53-50-47-44-41-37-20-17-14-11-8-5-2/h21-22,24-25,56H,4-20,23,26-55H2,1-3H3/b22-21-,25-24-. The number of esters is 3. The van der Waals surface area contributed by atoms with E-state index in [0.717, 1.165) is 64.2 Å². The highest BCUT2D eigenvalue weighted by molar-refractivity contribution is 5.71. The van der Waals surface area contributed by atoms with Crippen LogP contribution in [0.5, 0.6) is 0 Å². The van der Waals surface area contributed by atoms with E-state index >= 15 is 0 Å². The predicted octanol–water partition coefficient (Wildman–Crippen LogP) is 19.1. The van der Waals surface area contributed by atoms with Crippen LogP contribution >= 0.6 is 0 Å². The summed E-state index contributed by atoms with van der Waals surface area (Å²) in [7, 11) is 0. The first kappa shape index (κ1) is 62.9. The van der Waals surface area contributed by atoms with Crippen LogP contribution in [-0.4, -0.2) is 37.2 Å². The fourth-order valence-corrected chi connectivity index (χ4v) is 8.59. The molecule has 0 aromatic rings. The van der Waals surface area contributed by atoms with Gasteiger partial charge in [-0.25, -0.2) is 0 Å². The molecule has 0 bridgehead atoms. The van der Waals surface area contributed by atoms with E-state index in [0.29, 0.717) is 19.3 Å². The quantitative estimate of drug-likeness (QED) is 0.0262. The number of hydrogen-bond donors (Lipinski definition) is 0. The van der Waals surface area contributed by atoms with Crippen molar-refractivity contribution in [1.29, 1.82) is 0 Å². The zero-order valence-electron chi connectivity index (χ0n) is 43.8. The zero-order chi connectivity index (χ0) is 47.2. The van der Waals surface area contributed by atoms with Crippen LogP contribution < -0.4 is 0 Å². The van der Waals surface area contributed by atoms with E-state index in [1.807, 2.05) is 0 Å². The molecule has 0 aliphatic carbocycles. The van der Waals surface area contributed by atoms with Crippen LogP contribution in [0.1, 0.15) is 316 Å². The Balaban J connectivity index is 4.06. The summed E-state index contributed by atoms with van der Waals surface area (Å²) >= 11 is 0. The minimum Gasteiger partial charge on any atom is -0.462 e. The molecule has 65 heavy (non-hydrogen) atoms. The molecule has 0 heterocycles. The van der Waals surface area contributed by atoms with Crippen LogP contribution in [0, 0.1) is 0 Å². The van der Waals surface area contributed by atoms with Gasteiger partial charge >= 0.3 is 17.9 Å². The van der Waals surface area contributed by atoms with Crippen molar-refractivity contribution in [2.45, 2.75) is 322 Å². The van der Waals surface area contributed by atoms with E-state index in [4.69, 9.17) is 14.2 Å². The Hall–Kier alpha value is -2.11. The number of allylic oxidation sites excluding steroid dienone is 4. The van der Waals surface area contributed by atoms with Gasteiger partial charge in [0.25, 0.3) is 0 Å². The molecule has 0 saturated carbocycles. The predicted molar refractivity (Wildman–Crippen MR) is 279 cm³/mol. The number of carbonyl (C=O) groups excluding carboxylic acids is 3. The molecule has 0 aromatic carbocycles. The number of carbonyl (C=O) groups is 3. The Bertz CT molecular complexity index is 1050. The van der Waals surface area contributed by atoms with Crippen LogP contribution in [0.3, 0.4) is 0 Å². The van der Waals surface area contributed by atoms with Gasteiger partial charge in [0, 0.05) is 19.3 Å². The van der Waals surface area contributed by atoms with Gasteiger partial charge in [0.2, 0.25) is 0 Å². The molecular formula is C59H110O6. The van der Waals surface area contributed by atoms with Gasteiger partial charge in [-0.2, -0.15) is 0 Å². The van der Waals surface area contributed by atoms with Crippen molar-refractivity contribution in [2.24, 2.45) is 0 Å². The lowest BCUT2D eigenvalue weighted by atomic mass is 10.0.